The number of rotatable bonds is 3. The predicted molar refractivity (Wildman–Crippen MR) is 149 cm³/mol. The number of thioether (sulfide) groups is 1. The third-order valence-corrected chi connectivity index (χ3v) is 14.9. The molecule has 3 aliphatic heterocycles. The Morgan fingerprint density at radius 3 is 2.03 bits per heavy atom. The third kappa shape index (κ3) is 2.46. The van der Waals surface area contributed by atoms with Gasteiger partial charge in [-0.15, -0.1) is 11.8 Å². The standard InChI is InChI=1S/C30H24O4S3/c1-3-29-22(18-23(35-29)19-12-6-5-7-13-19)28-26(20-14-8-10-16-24(20)36(28,31)32)27-21-15-9-11-17-25(21)37(33,34)30(27,29)4-2/h5-18H,3-4H2,1-2H3. The fourth-order valence-corrected chi connectivity index (χ4v) is 13.8. The molecule has 0 fully saturated rings. The fourth-order valence-electron chi connectivity index (χ4n) is 7.02. The quantitative estimate of drug-likeness (QED) is 0.375. The first-order chi connectivity index (χ1) is 17.8. The first kappa shape index (κ1) is 23.3. The highest BCUT2D eigenvalue weighted by molar-refractivity contribution is 8.11. The molecule has 7 rings (SSSR count). The molecule has 3 aromatic rings. The van der Waals surface area contributed by atoms with Crippen molar-refractivity contribution in [1.29, 1.82) is 0 Å². The molecule has 0 bridgehead atoms. The molecular formula is C30H24O4S3. The Kier molecular flexibility index (Phi) is 4.63. The monoisotopic (exact) mass is 544 g/mol. The lowest BCUT2D eigenvalue weighted by molar-refractivity contribution is 0.486. The van der Waals surface area contributed by atoms with E-state index in [1.54, 1.807) is 24.3 Å². The van der Waals surface area contributed by atoms with Crippen LogP contribution >= 0.6 is 11.8 Å². The van der Waals surface area contributed by atoms with Gasteiger partial charge in [-0.1, -0.05) is 80.6 Å². The molecule has 186 valence electrons. The number of hydrogen-bond acceptors (Lipinski definition) is 5. The van der Waals surface area contributed by atoms with E-state index in [-0.39, 0.29) is 9.80 Å². The Balaban J connectivity index is 1.73. The second-order valence-electron chi connectivity index (χ2n) is 9.83. The molecule has 7 heteroatoms. The summed E-state index contributed by atoms with van der Waals surface area (Å²) in [5.74, 6) is 0. The number of fused-ring (bicyclic) bond motifs is 8. The van der Waals surface area contributed by atoms with Gasteiger partial charge >= 0.3 is 0 Å². The first-order valence-corrected chi connectivity index (χ1v) is 16.2. The Morgan fingerprint density at radius 2 is 1.35 bits per heavy atom. The van der Waals surface area contributed by atoms with Gasteiger partial charge in [0.2, 0.25) is 9.84 Å². The van der Waals surface area contributed by atoms with Gasteiger partial charge in [-0.05, 0) is 53.3 Å². The Hall–Kier alpha value is -2.87. The lowest BCUT2D eigenvalue weighted by Crippen LogP contribution is -2.56. The number of benzene rings is 3. The van der Waals surface area contributed by atoms with Crippen molar-refractivity contribution in [3.63, 3.8) is 0 Å². The van der Waals surface area contributed by atoms with Gasteiger partial charge in [0.05, 0.1) is 19.4 Å². The minimum atomic E-state index is -3.87. The molecule has 0 amide bonds. The third-order valence-electron chi connectivity index (χ3n) is 8.45. The number of hydrogen-bond donors (Lipinski definition) is 0. The highest BCUT2D eigenvalue weighted by Gasteiger charge is 2.71. The maximum Gasteiger partial charge on any atom is 0.208 e. The van der Waals surface area contributed by atoms with Gasteiger partial charge in [0.25, 0.3) is 0 Å². The van der Waals surface area contributed by atoms with Gasteiger partial charge in [0.15, 0.2) is 9.84 Å². The maximum absolute atomic E-state index is 14.7. The number of allylic oxidation sites excluding steroid dienone is 2. The molecule has 4 aliphatic rings. The average Bonchev–Trinajstić information content (AvgIpc) is 3.49. The smallest absolute Gasteiger partial charge is 0.208 e. The van der Waals surface area contributed by atoms with Crippen molar-refractivity contribution in [2.24, 2.45) is 0 Å². The molecule has 0 N–H and O–H groups in total. The van der Waals surface area contributed by atoms with Crippen LogP contribution in [0, 0.1) is 0 Å². The molecule has 0 saturated carbocycles. The SMILES string of the molecule is CCC12SC(c3ccccc3)=CC1=C1C(=C3c4ccccc4S(=O)(=O)C32CC)c2ccccc2S1(=O)=O. The van der Waals surface area contributed by atoms with Crippen LogP contribution in [0.5, 0.6) is 0 Å². The second-order valence-corrected chi connectivity index (χ2v) is 15.2. The minimum absolute atomic E-state index is 0.255. The average molecular weight is 545 g/mol. The van der Waals surface area contributed by atoms with E-state index in [0.717, 1.165) is 10.5 Å². The van der Waals surface area contributed by atoms with Crippen molar-refractivity contribution >= 4 is 47.5 Å². The molecular weight excluding hydrogens is 521 g/mol. The van der Waals surface area contributed by atoms with E-state index in [1.165, 1.54) is 11.8 Å². The van der Waals surface area contributed by atoms with Crippen molar-refractivity contribution in [1.82, 2.24) is 0 Å². The van der Waals surface area contributed by atoms with E-state index in [9.17, 15) is 16.8 Å². The van der Waals surface area contributed by atoms with Crippen molar-refractivity contribution in [2.45, 2.75) is 46.0 Å². The van der Waals surface area contributed by atoms with Crippen molar-refractivity contribution in [3.05, 3.63) is 112 Å². The second kappa shape index (κ2) is 7.37. The van der Waals surface area contributed by atoms with Gasteiger partial charge in [0, 0.05) is 16.0 Å². The van der Waals surface area contributed by atoms with Crippen LogP contribution in [0.2, 0.25) is 0 Å². The summed E-state index contributed by atoms with van der Waals surface area (Å²) < 4.78 is 55.7. The van der Waals surface area contributed by atoms with E-state index < -0.39 is 29.2 Å². The summed E-state index contributed by atoms with van der Waals surface area (Å²) in [5, 5.41) is 0. The molecule has 2 atom stereocenters. The van der Waals surface area contributed by atoms with Crippen LogP contribution in [-0.2, 0) is 19.7 Å². The van der Waals surface area contributed by atoms with E-state index in [0.29, 0.717) is 45.6 Å². The van der Waals surface area contributed by atoms with E-state index in [1.807, 2.05) is 74.5 Å². The highest BCUT2D eigenvalue weighted by Crippen LogP contribution is 2.73. The van der Waals surface area contributed by atoms with Crippen LogP contribution in [0.4, 0.5) is 0 Å². The van der Waals surface area contributed by atoms with Crippen molar-refractivity contribution < 1.29 is 16.8 Å². The van der Waals surface area contributed by atoms with Crippen LogP contribution in [0.3, 0.4) is 0 Å². The van der Waals surface area contributed by atoms with E-state index in [4.69, 9.17) is 0 Å². The van der Waals surface area contributed by atoms with E-state index in [2.05, 4.69) is 0 Å². The minimum Gasteiger partial charge on any atom is -0.223 e. The molecule has 3 aromatic carbocycles. The predicted octanol–water partition coefficient (Wildman–Crippen LogP) is 6.53. The zero-order chi connectivity index (χ0) is 25.8. The zero-order valence-corrected chi connectivity index (χ0v) is 22.8. The van der Waals surface area contributed by atoms with Gasteiger partial charge in [0.1, 0.15) is 4.75 Å². The normalized spacial score (nSPS) is 27.8. The first-order valence-electron chi connectivity index (χ1n) is 12.4. The summed E-state index contributed by atoms with van der Waals surface area (Å²) in [7, 11) is -7.73. The maximum atomic E-state index is 14.7. The van der Waals surface area contributed by atoms with Crippen LogP contribution < -0.4 is 0 Å². The Morgan fingerprint density at radius 1 is 0.730 bits per heavy atom. The molecule has 0 spiro atoms. The summed E-state index contributed by atoms with van der Waals surface area (Å²) in [6, 6.07) is 24.0. The fraction of sp³-hybridized carbons (Fsp3) is 0.200. The molecule has 0 radical (unpaired) electrons. The Bertz CT molecular complexity index is 1850. The van der Waals surface area contributed by atoms with Gasteiger partial charge in [-0.25, -0.2) is 16.8 Å². The van der Waals surface area contributed by atoms with Crippen molar-refractivity contribution in [2.75, 3.05) is 0 Å². The van der Waals surface area contributed by atoms with Crippen molar-refractivity contribution in [3.8, 4) is 0 Å². The van der Waals surface area contributed by atoms with E-state index >= 15 is 0 Å². The molecule has 3 heterocycles. The zero-order valence-electron chi connectivity index (χ0n) is 20.4. The summed E-state index contributed by atoms with van der Waals surface area (Å²) in [4.78, 5) is 1.73. The summed E-state index contributed by atoms with van der Waals surface area (Å²) >= 11 is 1.52. The molecule has 1 aliphatic carbocycles. The molecule has 37 heavy (non-hydrogen) atoms. The summed E-state index contributed by atoms with van der Waals surface area (Å²) in [6.45, 7) is 3.92. The van der Waals surface area contributed by atoms with Gasteiger partial charge < -0.3 is 0 Å². The molecule has 0 saturated heterocycles. The largest absolute Gasteiger partial charge is 0.223 e. The molecule has 0 aromatic heterocycles. The van der Waals surface area contributed by atoms with Gasteiger partial charge in [-0.3, -0.25) is 0 Å². The molecule has 2 unspecified atom stereocenters. The summed E-state index contributed by atoms with van der Waals surface area (Å²) in [5.41, 5.74) is 4.02. The summed E-state index contributed by atoms with van der Waals surface area (Å²) in [6.07, 6.45) is 2.75. The Labute approximate surface area is 221 Å². The number of sulfone groups is 2. The topological polar surface area (TPSA) is 68.3 Å². The van der Waals surface area contributed by atoms with Crippen LogP contribution in [0.1, 0.15) is 43.4 Å². The van der Waals surface area contributed by atoms with Crippen LogP contribution in [0.25, 0.3) is 16.1 Å². The highest BCUT2D eigenvalue weighted by atomic mass is 32.2. The molecule has 4 nitrogen and oxygen atoms in total. The van der Waals surface area contributed by atoms with Crippen LogP contribution in [0.15, 0.2) is 105 Å². The van der Waals surface area contributed by atoms with Crippen LogP contribution in [-0.4, -0.2) is 26.3 Å². The lowest BCUT2D eigenvalue weighted by atomic mass is 9.68. The lowest BCUT2D eigenvalue weighted by Gasteiger charge is -2.49. The van der Waals surface area contributed by atoms with Gasteiger partial charge in [-0.2, -0.15) is 0 Å².